The van der Waals surface area contributed by atoms with Crippen LogP contribution in [0.5, 0.6) is 0 Å². The third kappa shape index (κ3) is 2.57. The predicted molar refractivity (Wildman–Crippen MR) is 67.5 cm³/mol. The molecule has 0 saturated heterocycles. The van der Waals surface area contributed by atoms with Gasteiger partial charge in [-0.2, -0.15) is 0 Å². The van der Waals surface area contributed by atoms with Crippen molar-refractivity contribution < 1.29 is 14.3 Å². The van der Waals surface area contributed by atoms with Gasteiger partial charge in [-0.25, -0.2) is 4.79 Å². The van der Waals surface area contributed by atoms with Gasteiger partial charge >= 0.3 is 5.97 Å². The lowest BCUT2D eigenvalue weighted by atomic mass is 9.71. The van der Waals surface area contributed by atoms with E-state index in [0.717, 1.165) is 31.6 Å². The second-order valence-corrected chi connectivity index (χ2v) is 5.71. The maximum Gasteiger partial charge on any atom is 0.330 e. The van der Waals surface area contributed by atoms with Crippen molar-refractivity contribution >= 4 is 11.9 Å². The van der Waals surface area contributed by atoms with Gasteiger partial charge < -0.3 is 10.5 Å². The van der Waals surface area contributed by atoms with Gasteiger partial charge in [-0.05, 0) is 49.4 Å². The Morgan fingerprint density at radius 1 is 1.50 bits per heavy atom. The minimum atomic E-state index is -0.373. The maximum absolute atomic E-state index is 11.2. The van der Waals surface area contributed by atoms with E-state index < -0.39 is 0 Å². The summed E-state index contributed by atoms with van der Waals surface area (Å²) in [5, 5.41) is 0. The minimum absolute atomic E-state index is 0.0943. The summed E-state index contributed by atoms with van der Waals surface area (Å²) in [7, 11) is 0. The van der Waals surface area contributed by atoms with E-state index in [-0.39, 0.29) is 17.3 Å². The van der Waals surface area contributed by atoms with Crippen molar-refractivity contribution in [3.8, 4) is 0 Å². The van der Waals surface area contributed by atoms with Crippen molar-refractivity contribution in [3.63, 3.8) is 0 Å². The molecular formula is C14H21NO3. The van der Waals surface area contributed by atoms with Gasteiger partial charge in [0.1, 0.15) is 0 Å². The molecule has 0 aromatic carbocycles. The third-order valence-corrected chi connectivity index (χ3v) is 4.63. The van der Waals surface area contributed by atoms with Gasteiger partial charge in [0, 0.05) is 12.5 Å². The number of rotatable bonds is 6. The minimum Gasteiger partial charge on any atom is -0.463 e. The molecule has 4 nitrogen and oxygen atoms in total. The first-order valence-corrected chi connectivity index (χ1v) is 6.63. The molecule has 0 aromatic heterocycles. The van der Waals surface area contributed by atoms with Gasteiger partial charge in [-0.15, -0.1) is 0 Å². The van der Waals surface area contributed by atoms with E-state index in [4.69, 9.17) is 10.5 Å². The van der Waals surface area contributed by atoms with Crippen LogP contribution in [-0.4, -0.2) is 18.5 Å². The Bertz CT molecular complexity index is 366. The van der Waals surface area contributed by atoms with Crippen molar-refractivity contribution in [2.75, 3.05) is 6.61 Å². The molecule has 0 aromatic rings. The van der Waals surface area contributed by atoms with E-state index >= 15 is 0 Å². The third-order valence-electron chi connectivity index (χ3n) is 4.63. The topological polar surface area (TPSA) is 69.4 Å². The van der Waals surface area contributed by atoms with Gasteiger partial charge in [0.05, 0.1) is 6.61 Å². The molecule has 4 heteroatoms. The highest BCUT2D eigenvalue weighted by Gasteiger charge is 2.51. The first-order valence-electron chi connectivity index (χ1n) is 6.63. The second-order valence-electron chi connectivity index (χ2n) is 5.71. The maximum atomic E-state index is 11.2. The Hall–Kier alpha value is -1.32. The molecule has 0 aliphatic heterocycles. The quantitative estimate of drug-likeness (QED) is 0.578. The molecule has 2 aliphatic rings. The van der Waals surface area contributed by atoms with E-state index in [1.165, 1.54) is 12.5 Å². The summed E-state index contributed by atoms with van der Waals surface area (Å²) in [6, 6.07) is 0. The van der Waals surface area contributed by atoms with Crippen molar-refractivity contribution in [3.05, 3.63) is 12.7 Å². The molecule has 100 valence electrons. The lowest BCUT2D eigenvalue weighted by Crippen LogP contribution is -2.31. The van der Waals surface area contributed by atoms with Gasteiger partial charge in [0.2, 0.25) is 5.91 Å². The molecule has 3 unspecified atom stereocenters. The summed E-state index contributed by atoms with van der Waals surface area (Å²) >= 11 is 0. The zero-order chi connectivity index (χ0) is 13.2. The van der Waals surface area contributed by atoms with E-state index in [9.17, 15) is 9.59 Å². The second kappa shape index (κ2) is 5.12. The normalized spacial score (nSPS) is 33.3. The number of esters is 1. The largest absolute Gasteiger partial charge is 0.463 e. The number of nitrogens with two attached hydrogens (primary N) is 1. The van der Waals surface area contributed by atoms with Gasteiger partial charge in [-0.3, -0.25) is 4.79 Å². The number of fused-ring (bicyclic) bond motifs is 2. The van der Waals surface area contributed by atoms with E-state index in [0.29, 0.717) is 18.9 Å². The predicted octanol–water partition coefficient (Wildman–Crippen LogP) is 1.79. The molecule has 18 heavy (non-hydrogen) atoms. The highest BCUT2D eigenvalue weighted by molar-refractivity contribution is 5.81. The highest BCUT2D eigenvalue weighted by atomic mass is 16.5. The van der Waals surface area contributed by atoms with Crippen LogP contribution in [0.1, 0.15) is 38.5 Å². The van der Waals surface area contributed by atoms with Crippen LogP contribution >= 0.6 is 0 Å². The lowest BCUT2D eigenvalue weighted by Gasteiger charge is -2.34. The van der Waals surface area contributed by atoms with Gasteiger partial charge in [0.25, 0.3) is 0 Å². The average molecular weight is 251 g/mol. The molecule has 2 aliphatic carbocycles. The van der Waals surface area contributed by atoms with Crippen molar-refractivity contribution in [2.24, 2.45) is 23.0 Å². The van der Waals surface area contributed by atoms with Crippen LogP contribution in [0.15, 0.2) is 12.7 Å². The molecule has 1 amide bonds. The monoisotopic (exact) mass is 251 g/mol. The first kappa shape index (κ1) is 13.1. The van der Waals surface area contributed by atoms with Crippen molar-refractivity contribution in [2.45, 2.75) is 38.5 Å². The number of carbonyl (C=O) groups is 2. The summed E-state index contributed by atoms with van der Waals surface area (Å²) in [4.78, 5) is 22.2. The molecule has 2 N–H and O–H groups in total. The lowest BCUT2D eigenvalue weighted by molar-refractivity contribution is -0.138. The number of primary amides is 1. The fourth-order valence-electron chi connectivity index (χ4n) is 3.93. The number of amides is 1. The molecule has 3 atom stereocenters. The fourth-order valence-corrected chi connectivity index (χ4v) is 3.93. The highest BCUT2D eigenvalue weighted by Crippen LogP contribution is 2.60. The van der Waals surface area contributed by atoms with Gasteiger partial charge in [0.15, 0.2) is 0 Å². The van der Waals surface area contributed by atoms with Crippen molar-refractivity contribution in [1.82, 2.24) is 0 Å². The van der Waals surface area contributed by atoms with E-state index in [1.807, 2.05) is 0 Å². The van der Waals surface area contributed by atoms with Gasteiger partial charge in [-0.1, -0.05) is 6.58 Å². The number of hydrogen-bond donors (Lipinski definition) is 1. The number of ether oxygens (including phenoxy) is 1. The Morgan fingerprint density at radius 2 is 2.28 bits per heavy atom. The Morgan fingerprint density at radius 3 is 2.89 bits per heavy atom. The zero-order valence-corrected chi connectivity index (χ0v) is 10.7. The molecule has 2 bridgehead atoms. The van der Waals surface area contributed by atoms with E-state index in [2.05, 4.69) is 6.58 Å². The first-order chi connectivity index (χ1) is 8.55. The van der Waals surface area contributed by atoms with Crippen LogP contribution in [-0.2, 0) is 14.3 Å². The Kier molecular flexibility index (Phi) is 3.73. The van der Waals surface area contributed by atoms with Crippen molar-refractivity contribution in [1.29, 1.82) is 0 Å². The summed E-state index contributed by atoms with van der Waals surface area (Å²) < 4.78 is 5.04. The van der Waals surface area contributed by atoms with Crippen LogP contribution < -0.4 is 5.73 Å². The molecule has 0 radical (unpaired) electrons. The summed E-state index contributed by atoms with van der Waals surface area (Å²) in [6.07, 6.45) is 7.10. The number of hydrogen-bond acceptors (Lipinski definition) is 3. The Balaban J connectivity index is 1.89. The summed E-state index contributed by atoms with van der Waals surface area (Å²) in [5.41, 5.74) is 5.47. The van der Waals surface area contributed by atoms with Crippen LogP contribution in [0.2, 0.25) is 0 Å². The molecule has 0 heterocycles. The molecular weight excluding hydrogens is 230 g/mol. The van der Waals surface area contributed by atoms with Crippen LogP contribution in [0.4, 0.5) is 0 Å². The smallest absolute Gasteiger partial charge is 0.330 e. The van der Waals surface area contributed by atoms with Crippen LogP contribution in [0.3, 0.4) is 0 Å². The van der Waals surface area contributed by atoms with Crippen LogP contribution in [0, 0.1) is 17.3 Å². The number of carbonyl (C=O) groups excluding carboxylic acids is 2. The molecule has 2 saturated carbocycles. The zero-order valence-electron chi connectivity index (χ0n) is 10.7. The molecule has 2 rings (SSSR count). The SMILES string of the molecule is C=CC(=O)OCCC1CC2CCC1(CC(N)=O)C2. The van der Waals surface area contributed by atoms with Crippen LogP contribution in [0.25, 0.3) is 0 Å². The summed E-state index contributed by atoms with van der Waals surface area (Å²) in [5.74, 6) is 0.638. The average Bonchev–Trinajstić information content (AvgIpc) is 2.84. The molecule has 2 fully saturated rings. The van der Waals surface area contributed by atoms with E-state index in [1.54, 1.807) is 0 Å². The summed E-state index contributed by atoms with van der Waals surface area (Å²) in [6.45, 7) is 3.79. The Labute approximate surface area is 108 Å². The fraction of sp³-hybridized carbons (Fsp3) is 0.714. The standard InChI is InChI=1S/C14H21NO3/c1-2-13(17)18-6-4-11-7-10-3-5-14(11,8-10)9-12(15)16/h2,10-11H,1,3-9H2,(H2,15,16). The molecule has 0 spiro atoms.